The number of nitrogens with zero attached hydrogens (tertiary/aromatic N) is 1. The van der Waals surface area contributed by atoms with Crippen LogP contribution in [0.3, 0.4) is 0 Å². The van der Waals surface area contributed by atoms with Crippen LogP contribution in [0, 0.1) is 0 Å². The summed E-state index contributed by atoms with van der Waals surface area (Å²) in [5.74, 6) is 1.20. The second-order valence-corrected chi connectivity index (χ2v) is 6.53. The maximum absolute atomic E-state index is 12.0. The first-order valence-corrected chi connectivity index (χ1v) is 8.29. The van der Waals surface area contributed by atoms with Crippen LogP contribution in [0.1, 0.15) is 19.8 Å². The number of benzene rings is 1. The number of carbonyl (C=O) groups excluding carboxylic acids is 1. The minimum Gasteiger partial charge on any atom is -0.375 e. The smallest absolute Gasteiger partial charge is 0.222 e. The maximum Gasteiger partial charge on any atom is 0.222 e. The lowest BCUT2D eigenvalue weighted by atomic mass is 10.2. The molecule has 0 radical (unpaired) electrons. The van der Waals surface area contributed by atoms with Crippen LogP contribution in [0.4, 0.5) is 0 Å². The van der Waals surface area contributed by atoms with E-state index in [1.54, 1.807) is 11.8 Å². The Bertz CT molecular complexity index is 438. The molecule has 1 aliphatic rings. The normalized spacial score (nSPS) is 19.1. The Hall–Kier alpha value is -0.710. The van der Waals surface area contributed by atoms with E-state index in [2.05, 4.69) is 0 Å². The largest absolute Gasteiger partial charge is 0.375 e. The third kappa shape index (κ3) is 5.00. The van der Waals surface area contributed by atoms with Crippen LogP contribution in [0.15, 0.2) is 29.2 Å². The van der Waals surface area contributed by atoms with Crippen molar-refractivity contribution in [3.63, 3.8) is 0 Å². The monoisotopic (exact) mass is 313 g/mol. The molecule has 1 fully saturated rings. The van der Waals surface area contributed by atoms with Gasteiger partial charge in [-0.2, -0.15) is 0 Å². The van der Waals surface area contributed by atoms with Crippen LogP contribution in [-0.4, -0.2) is 42.4 Å². The number of hydrogen-bond acceptors (Lipinski definition) is 3. The highest BCUT2D eigenvalue weighted by Gasteiger charge is 2.20. The van der Waals surface area contributed by atoms with Crippen LogP contribution >= 0.6 is 23.4 Å². The van der Waals surface area contributed by atoms with Crippen molar-refractivity contribution >= 4 is 29.3 Å². The molecule has 1 atom stereocenters. The van der Waals surface area contributed by atoms with Crippen molar-refractivity contribution in [2.75, 3.05) is 25.4 Å². The van der Waals surface area contributed by atoms with Gasteiger partial charge in [0.15, 0.2) is 0 Å². The molecule has 1 aromatic rings. The van der Waals surface area contributed by atoms with Gasteiger partial charge >= 0.3 is 0 Å². The predicted molar refractivity (Wildman–Crippen MR) is 83.4 cm³/mol. The Morgan fingerprint density at radius 3 is 2.90 bits per heavy atom. The number of halogens is 1. The third-order valence-electron chi connectivity index (χ3n) is 3.21. The molecular formula is C15H20ClNO2S. The van der Waals surface area contributed by atoms with E-state index in [0.717, 1.165) is 30.3 Å². The van der Waals surface area contributed by atoms with Crippen LogP contribution in [-0.2, 0) is 9.53 Å². The Morgan fingerprint density at radius 1 is 1.45 bits per heavy atom. The van der Waals surface area contributed by atoms with E-state index in [1.165, 1.54) is 4.90 Å². The number of ether oxygens (including phenoxy) is 1. The zero-order chi connectivity index (χ0) is 14.4. The predicted octanol–water partition coefficient (Wildman–Crippen LogP) is 3.46. The average molecular weight is 314 g/mol. The van der Waals surface area contributed by atoms with E-state index in [9.17, 15) is 4.79 Å². The van der Waals surface area contributed by atoms with E-state index in [-0.39, 0.29) is 12.0 Å². The van der Waals surface area contributed by atoms with Crippen molar-refractivity contribution in [2.24, 2.45) is 0 Å². The van der Waals surface area contributed by atoms with Gasteiger partial charge in [-0.25, -0.2) is 0 Å². The SMILES string of the molecule is CC1CN(C(=O)CCCSc2ccc(Cl)cc2)CCO1. The summed E-state index contributed by atoms with van der Waals surface area (Å²) < 4.78 is 5.44. The van der Waals surface area contributed by atoms with Crippen molar-refractivity contribution in [1.82, 2.24) is 4.90 Å². The Kier molecular flexibility index (Phi) is 6.20. The van der Waals surface area contributed by atoms with Gasteiger partial charge in [-0.05, 0) is 43.4 Å². The van der Waals surface area contributed by atoms with Crippen LogP contribution in [0.25, 0.3) is 0 Å². The van der Waals surface area contributed by atoms with E-state index in [4.69, 9.17) is 16.3 Å². The quantitative estimate of drug-likeness (QED) is 0.616. The van der Waals surface area contributed by atoms with E-state index in [0.29, 0.717) is 13.0 Å². The molecule has 0 aliphatic carbocycles. The lowest BCUT2D eigenvalue weighted by Crippen LogP contribution is -2.44. The number of hydrogen-bond donors (Lipinski definition) is 0. The fraction of sp³-hybridized carbons (Fsp3) is 0.533. The molecule has 1 heterocycles. The van der Waals surface area contributed by atoms with Gasteiger partial charge in [0.1, 0.15) is 0 Å². The number of amides is 1. The van der Waals surface area contributed by atoms with Crippen molar-refractivity contribution < 1.29 is 9.53 Å². The number of morpholine rings is 1. The fourth-order valence-electron chi connectivity index (χ4n) is 2.15. The third-order valence-corrected chi connectivity index (χ3v) is 4.56. The molecule has 0 aromatic heterocycles. The molecule has 0 spiro atoms. The zero-order valence-corrected chi connectivity index (χ0v) is 13.3. The highest BCUT2D eigenvalue weighted by Crippen LogP contribution is 2.21. The summed E-state index contributed by atoms with van der Waals surface area (Å²) in [6.07, 6.45) is 1.68. The summed E-state index contributed by atoms with van der Waals surface area (Å²) in [4.78, 5) is 15.2. The molecule has 3 nitrogen and oxygen atoms in total. The second-order valence-electron chi connectivity index (χ2n) is 4.93. The second kappa shape index (κ2) is 7.91. The topological polar surface area (TPSA) is 29.5 Å². The maximum atomic E-state index is 12.0. The average Bonchev–Trinajstić information content (AvgIpc) is 2.45. The standard InChI is InChI=1S/C15H20ClNO2S/c1-12-11-17(8-9-19-12)15(18)3-2-10-20-14-6-4-13(16)5-7-14/h4-7,12H,2-3,8-11H2,1H3. The zero-order valence-electron chi connectivity index (χ0n) is 11.7. The van der Waals surface area contributed by atoms with Gasteiger partial charge in [0, 0.05) is 29.4 Å². The van der Waals surface area contributed by atoms with Gasteiger partial charge < -0.3 is 9.64 Å². The molecule has 20 heavy (non-hydrogen) atoms. The molecule has 0 bridgehead atoms. The van der Waals surface area contributed by atoms with Gasteiger partial charge in [0.05, 0.1) is 12.7 Å². The summed E-state index contributed by atoms with van der Waals surface area (Å²) in [5.41, 5.74) is 0. The summed E-state index contributed by atoms with van der Waals surface area (Å²) in [6, 6.07) is 7.81. The first-order valence-electron chi connectivity index (χ1n) is 6.93. The Labute approximate surface area is 129 Å². The molecule has 1 aromatic carbocycles. The highest BCUT2D eigenvalue weighted by molar-refractivity contribution is 7.99. The minimum atomic E-state index is 0.163. The van der Waals surface area contributed by atoms with Crippen LogP contribution < -0.4 is 0 Å². The lowest BCUT2D eigenvalue weighted by Gasteiger charge is -2.31. The lowest BCUT2D eigenvalue weighted by molar-refractivity contribution is -0.138. The molecule has 0 N–H and O–H groups in total. The molecule has 0 saturated carbocycles. The summed E-state index contributed by atoms with van der Waals surface area (Å²) in [6.45, 7) is 4.12. The van der Waals surface area contributed by atoms with E-state index >= 15 is 0 Å². The summed E-state index contributed by atoms with van der Waals surface area (Å²) in [7, 11) is 0. The van der Waals surface area contributed by atoms with Gasteiger partial charge in [-0.3, -0.25) is 4.79 Å². The number of thioether (sulfide) groups is 1. The van der Waals surface area contributed by atoms with E-state index in [1.807, 2.05) is 36.1 Å². The van der Waals surface area contributed by atoms with Crippen molar-refractivity contribution in [1.29, 1.82) is 0 Å². The summed E-state index contributed by atoms with van der Waals surface area (Å²) >= 11 is 7.61. The molecule has 1 saturated heterocycles. The minimum absolute atomic E-state index is 0.163. The number of carbonyl (C=O) groups is 1. The summed E-state index contributed by atoms with van der Waals surface area (Å²) in [5, 5.41) is 0.756. The molecule has 110 valence electrons. The first kappa shape index (κ1) is 15.7. The molecule has 2 rings (SSSR count). The van der Waals surface area contributed by atoms with Gasteiger partial charge in [0.2, 0.25) is 5.91 Å². The van der Waals surface area contributed by atoms with E-state index < -0.39 is 0 Å². The van der Waals surface area contributed by atoms with Gasteiger partial charge in [-0.15, -0.1) is 11.8 Å². The molecule has 1 amide bonds. The molecule has 1 aliphatic heterocycles. The Morgan fingerprint density at radius 2 is 2.20 bits per heavy atom. The van der Waals surface area contributed by atoms with Crippen LogP contribution in [0.5, 0.6) is 0 Å². The van der Waals surface area contributed by atoms with Crippen molar-refractivity contribution in [2.45, 2.75) is 30.8 Å². The molecular weight excluding hydrogens is 294 g/mol. The molecule has 1 unspecified atom stereocenters. The van der Waals surface area contributed by atoms with Crippen molar-refractivity contribution in [3.8, 4) is 0 Å². The Balaban J connectivity index is 1.65. The molecule has 5 heteroatoms. The van der Waals surface area contributed by atoms with Gasteiger partial charge in [0.25, 0.3) is 0 Å². The van der Waals surface area contributed by atoms with Gasteiger partial charge in [-0.1, -0.05) is 11.6 Å². The first-order chi connectivity index (χ1) is 9.65. The highest BCUT2D eigenvalue weighted by atomic mass is 35.5. The van der Waals surface area contributed by atoms with Crippen molar-refractivity contribution in [3.05, 3.63) is 29.3 Å². The number of rotatable bonds is 5. The van der Waals surface area contributed by atoms with Crippen LogP contribution in [0.2, 0.25) is 5.02 Å². The fourth-order valence-corrected chi connectivity index (χ4v) is 3.13.